The van der Waals surface area contributed by atoms with Crippen molar-refractivity contribution in [1.82, 2.24) is 9.72 Å². The van der Waals surface area contributed by atoms with Crippen LogP contribution in [0.15, 0.2) is 95.5 Å². The zero-order valence-electron chi connectivity index (χ0n) is 24.9. The Morgan fingerprint density at radius 2 is 1.12 bits per heavy atom. The molecule has 9 nitrogen and oxygen atoms in total. The first kappa shape index (κ1) is 32.9. The van der Waals surface area contributed by atoms with Crippen LogP contribution in [0.4, 0.5) is 0 Å². The Labute approximate surface area is 252 Å². The summed E-state index contributed by atoms with van der Waals surface area (Å²) in [4.78, 5) is 7.19. The average Bonchev–Trinajstić information content (AvgIpc) is 2.99. The molecule has 2 N–H and O–H groups in total. The number of hydrogen-bond donors (Lipinski definition) is 2. The molecular weight excluding hydrogens is 591 g/mol. The molecule has 232 valence electrons. The summed E-state index contributed by atoms with van der Waals surface area (Å²) in [5, 5.41) is 0. The minimum absolute atomic E-state index is 0.434. The van der Waals surface area contributed by atoms with Gasteiger partial charge in [-0.1, -0.05) is 0 Å². The Balaban J connectivity index is 1.89. The van der Waals surface area contributed by atoms with Gasteiger partial charge in [-0.25, -0.2) is 0 Å². The van der Waals surface area contributed by atoms with Crippen molar-refractivity contribution in [2.45, 2.75) is 59.3 Å². The van der Waals surface area contributed by atoms with Gasteiger partial charge in [0.2, 0.25) is 0 Å². The van der Waals surface area contributed by atoms with Crippen molar-refractivity contribution >= 4 is 23.7 Å². The Morgan fingerprint density at radius 1 is 0.619 bits per heavy atom. The van der Waals surface area contributed by atoms with Crippen molar-refractivity contribution in [1.29, 1.82) is 0 Å². The summed E-state index contributed by atoms with van der Waals surface area (Å²) in [5.41, 5.74) is 0. The van der Waals surface area contributed by atoms with E-state index in [0.717, 1.165) is 38.5 Å². The van der Waals surface area contributed by atoms with Crippen LogP contribution in [0.5, 0.6) is 17.2 Å². The van der Waals surface area contributed by atoms with Gasteiger partial charge in [-0.05, 0) is 0 Å². The summed E-state index contributed by atoms with van der Waals surface area (Å²) in [6.07, 6.45) is 5.39. The van der Waals surface area contributed by atoms with Crippen molar-refractivity contribution < 1.29 is 27.1 Å². The topological polar surface area (TPSA) is 91.8 Å². The predicted molar refractivity (Wildman–Crippen MR) is 176 cm³/mol. The van der Waals surface area contributed by atoms with Gasteiger partial charge in [0.1, 0.15) is 0 Å². The molecule has 1 heterocycles. The van der Waals surface area contributed by atoms with Gasteiger partial charge in [0.15, 0.2) is 0 Å². The van der Waals surface area contributed by atoms with Crippen LogP contribution in [0, 0.1) is 0 Å². The SMILES string of the molecule is CCCCOP1(Oc2ccccc2)=N[PH](OCCCC)(Oc2ccccc2)N[PH](OCCCC)(Oc2ccccc2)N1. The van der Waals surface area contributed by atoms with Crippen LogP contribution in [0.3, 0.4) is 0 Å². The van der Waals surface area contributed by atoms with Crippen LogP contribution in [0.2, 0.25) is 0 Å². The van der Waals surface area contributed by atoms with Crippen LogP contribution in [-0.4, -0.2) is 19.8 Å². The van der Waals surface area contributed by atoms with E-state index in [1.54, 1.807) is 0 Å². The van der Waals surface area contributed by atoms with Crippen LogP contribution in [0.25, 0.3) is 0 Å². The molecule has 1 unspecified atom stereocenters. The zero-order chi connectivity index (χ0) is 29.6. The van der Waals surface area contributed by atoms with Gasteiger partial charge in [0, 0.05) is 0 Å². The van der Waals surface area contributed by atoms with Crippen LogP contribution >= 0.6 is 23.7 Å². The second-order valence-electron chi connectivity index (χ2n) is 9.88. The molecule has 0 saturated carbocycles. The summed E-state index contributed by atoms with van der Waals surface area (Å²) in [5.74, 6) is 1.89. The molecular formula is C30H46N3O6P3. The second kappa shape index (κ2) is 16.7. The predicted octanol–water partition coefficient (Wildman–Crippen LogP) is 9.63. The molecule has 12 heteroatoms. The fraction of sp³-hybridized carbons (Fsp3) is 0.400. The van der Waals surface area contributed by atoms with Gasteiger partial charge in [-0.3, -0.25) is 0 Å². The minimum atomic E-state index is -3.74. The number of nitrogens with one attached hydrogen (secondary N) is 2. The summed E-state index contributed by atoms with van der Waals surface area (Å²) >= 11 is 0. The molecule has 4 rings (SSSR count). The van der Waals surface area contributed by atoms with Crippen molar-refractivity contribution in [3.05, 3.63) is 91.0 Å². The molecule has 3 aromatic rings. The fourth-order valence-electron chi connectivity index (χ4n) is 4.04. The molecule has 0 bridgehead atoms. The number of hydrogen-bond acceptors (Lipinski definition) is 9. The van der Waals surface area contributed by atoms with Gasteiger partial charge in [0.25, 0.3) is 0 Å². The zero-order valence-corrected chi connectivity index (χ0v) is 27.8. The average molecular weight is 638 g/mol. The van der Waals surface area contributed by atoms with Crippen molar-refractivity contribution in [2.24, 2.45) is 4.52 Å². The van der Waals surface area contributed by atoms with E-state index in [-0.39, 0.29) is 0 Å². The normalized spacial score (nSPS) is 20.5. The molecule has 1 aliphatic rings. The number of nitrogens with zero attached hydrogens (tertiary/aromatic N) is 1. The molecule has 42 heavy (non-hydrogen) atoms. The summed E-state index contributed by atoms with van der Waals surface area (Å²) in [7, 11) is -10.7. The van der Waals surface area contributed by atoms with Crippen molar-refractivity contribution in [2.75, 3.05) is 19.8 Å². The van der Waals surface area contributed by atoms with Crippen molar-refractivity contribution in [3.8, 4) is 17.2 Å². The van der Waals surface area contributed by atoms with Crippen LogP contribution in [-0.2, 0) is 13.6 Å². The van der Waals surface area contributed by atoms with Gasteiger partial charge < -0.3 is 0 Å². The number of rotatable bonds is 18. The molecule has 3 aromatic carbocycles. The number of para-hydroxylation sites is 3. The monoisotopic (exact) mass is 637 g/mol. The van der Waals surface area contributed by atoms with E-state index in [1.807, 2.05) is 91.0 Å². The molecule has 0 aromatic heterocycles. The third kappa shape index (κ3) is 9.74. The van der Waals surface area contributed by atoms with E-state index in [4.69, 9.17) is 31.7 Å². The van der Waals surface area contributed by atoms with Crippen LogP contribution < -0.4 is 23.3 Å². The van der Waals surface area contributed by atoms with Gasteiger partial charge in [-0.2, -0.15) is 0 Å². The van der Waals surface area contributed by atoms with E-state index in [9.17, 15) is 0 Å². The quantitative estimate of drug-likeness (QED) is 0.105. The summed E-state index contributed by atoms with van der Waals surface area (Å²) in [6, 6.07) is 28.8. The molecule has 0 amide bonds. The Kier molecular flexibility index (Phi) is 13.1. The molecule has 1 aliphatic heterocycles. The molecule has 0 fully saturated rings. The first-order valence-corrected chi connectivity index (χ1v) is 20.1. The first-order chi connectivity index (χ1) is 20.5. The van der Waals surface area contributed by atoms with E-state index in [2.05, 4.69) is 30.5 Å². The fourth-order valence-corrected chi connectivity index (χ4v) is 16.0. The van der Waals surface area contributed by atoms with E-state index in [1.165, 1.54) is 0 Å². The van der Waals surface area contributed by atoms with E-state index < -0.39 is 23.7 Å². The van der Waals surface area contributed by atoms with Crippen LogP contribution in [0.1, 0.15) is 59.3 Å². The molecule has 0 saturated heterocycles. The van der Waals surface area contributed by atoms with Gasteiger partial charge in [-0.15, -0.1) is 0 Å². The van der Waals surface area contributed by atoms with E-state index in [0.29, 0.717) is 37.1 Å². The van der Waals surface area contributed by atoms with E-state index >= 15 is 0 Å². The Bertz CT molecular complexity index is 1240. The summed E-state index contributed by atoms with van der Waals surface area (Å²) < 4.78 is 45.4. The maximum absolute atomic E-state index is 6.77. The third-order valence-electron chi connectivity index (χ3n) is 6.21. The molecule has 0 spiro atoms. The van der Waals surface area contributed by atoms with Gasteiger partial charge >= 0.3 is 252 Å². The molecule has 0 radical (unpaired) electrons. The Hall–Kier alpha value is -2.05. The summed E-state index contributed by atoms with van der Waals surface area (Å²) in [6.45, 7) is 7.71. The Morgan fingerprint density at radius 3 is 1.69 bits per heavy atom. The number of unbranched alkanes of at least 4 members (excludes halogenated alkanes) is 3. The molecule has 0 aliphatic carbocycles. The standard InChI is InChI=1S/C30H46N3O6P3/c1-4-7-25-34-40(37-28-19-13-10-14-20-28)31-41(35-26-8-5-2,38-29-21-15-11-16-22-29)33-42(32-40,36-27-9-6-3)39-30-23-17-12-18-24-30/h10-24,31-32,40-41H,4-9,25-27H2,1-3H3. The first-order valence-electron chi connectivity index (χ1n) is 14.9. The third-order valence-corrected chi connectivity index (χ3v) is 16.4. The molecule has 1 atom stereocenters. The maximum atomic E-state index is 6.77. The second-order valence-corrected chi connectivity index (χ2v) is 17.4. The van der Waals surface area contributed by atoms with Crippen molar-refractivity contribution in [3.63, 3.8) is 0 Å². The number of benzene rings is 3. The van der Waals surface area contributed by atoms with Gasteiger partial charge in [0.05, 0.1) is 0 Å².